The lowest BCUT2D eigenvalue weighted by Crippen LogP contribution is -2.31. The third-order valence-electron chi connectivity index (χ3n) is 4.68. The third-order valence-corrected chi connectivity index (χ3v) is 4.68. The number of nitrogens with zero attached hydrogens (tertiary/aromatic N) is 3. The standard InChI is InChI=1S/C18H17F2N5O/c19-14-3-2-13(8-15(14)20)25-6-5-11(10-25)9-21-18(26)12-1-4-16-17(7-12)23-24-22-16/h1-4,7-8,11H,5-6,9-10H2,(H,21,26)(H,22,23,24)/t11-/m1/s1. The fourth-order valence-electron chi connectivity index (χ4n) is 3.24. The van der Waals surface area contributed by atoms with Crippen LogP contribution >= 0.6 is 0 Å². The molecule has 8 heteroatoms. The topological polar surface area (TPSA) is 73.9 Å². The summed E-state index contributed by atoms with van der Waals surface area (Å²) in [6.07, 6.45) is 0.877. The molecule has 1 aliphatic rings. The van der Waals surface area contributed by atoms with Crippen molar-refractivity contribution in [3.05, 3.63) is 53.6 Å². The Kier molecular flexibility index (Phi) is 4.24. The molecule has 0 aliphatic carbocycles. The Bertz CT molecular complexity index is 958. The van der Waals surface area contributed by atoms with E-state index in [0.717, 1.165) is 19.0 Å². The van der Waals surface area contributed by atoms with Crippen molar-refractivity contribution < 1.29 is 13.6 Å². The van der Waals surface area contributed by atoms with Gasteiger partial charge in [-0.1, -0.05) is 0 Å². The number of halogens is 2. The van der Waals surface area contributed by atoms with E-state index in [-0.39, 0.29) is 11.8 Å². The van der Waals surface area contributed by atoms with Crippen molar-refractivity contribution in [1.29, 1.82) is 0 Å². The number of nitrogens with one attached hydrogen (secondary N) is 2. The molecule has 1 atom stereocenters. The molecule has 26 heavy (non-hydrogen) atoms. The van der Waals surface area contributed by atoms with Crippen LogP contribution in [-0.4, -0.2) is 41.0 Å². The molecule has 0 saturated carbocycles. The molecule has 0 radical (unpaired) electrons. The fraction of sp³-hybridized carbons (Fsp3) is 0.278. The first-order valence-corrected chi connectivity index (χ1v) is 8.39. The monoisotopic (exact) mass is 357 g/mol. The van der Waals surface area contributed by atoms with E-state index in [1.165, 1.54) is 6.07 Å². The highest BCUT2D eigenvalue weighted by Crippen LogP contribution is 2.25. The molecule has 6 nitrogen and oxygen atoms in total. The van der Waals surface area contributed by atoms with Gasteiger partial charge in [-0.2, -0.15) is 15.4 Å². The van der Waals surface area contributed by atoms with Gasteiger partial charge in [0, 0.05) is 37.0 Å². The number of carbonyl (C=O) groups is 1. The summed E-state index contributed by atoms with van der Waals surface area (Å²) in [4.78, 5) is 14.3. The van der Waals surface area contributed by atoms with Crippen LogP contribution in [-0.2, 0) is 0 Å². The Morgan fingerprint density at radius 2 is 2.00 bits per heavy atom. The van der Waals surface area contributed by atoms with Gasteiger partial charge in [-0.15, -0.1) is 0 Å². The quantitative estimate of drug-likeness (QED) is 0.752. The number of amides is 1. The Balaban J connectivity index is 1.35. The van der Waals surface area contributed by atoms with Crippen LogP contribution in [0.25, 0.3) is 11.0 Å². The van der Waals surface area contributed by atoms with E-state index in [9.17, 15) is 13.6 Å². The van der Waals surface area contributed by atoms with Crippen molar-refractivity contribution >= 4 is 22.6 Å². The zero-order valence-electron chi connectivity index (χ0n) is 13.9. The van der Waals surface area contributed by atoms with E-state index < -0.39 is 11.6 Å². The third kappa shape index (κ3) is 3.22. The Morgan fingerprint density at radius 3 is 2.85 bits per heavy atom. The van der Waals surface area contributed by atoms with Crippen LogP contribution in [0.3, 0.4) is 0 Å². The summed E-state index contributed by atoms with van der Waals surface area (Å²) in [6.45, 7) is 1.96. The maximum Gasteiger partial charge on any atom is 0.251 e. The van der Waals surface area contributed by atoms with Crippen LogP contribution in [0.5, 0.6) is 0 Å². The van der Waals surface area contributed by atoms with Crippen LogP contribution in [0.4, 0.5) is 14.5 Å². The SMILES string of the molecule is O=C(NC[C@H]1CCN(c2ccc(F)c(F)c2)C1)c1ccc2n[nH]nc2c1. The summed E-state index contributed by atoms with van der Waals surface area (Å²) in [5.74, 6) is -1.60. The number of fused-ring (bicyclic) bond motifs is 1. The smallest absolute Gasteiger partial charge is 0.251 e. The molecule has 2 heterocycles. The summed E-state index contributed by atoms with van der Waals surface area (Å²) in [5, 5.41) is 13.4. The van der Waals surface area contributed by atoms with E-state index in [1.807, 2.05) is 4.90 Å². The number of anilines is 1. The number of hydrogen-bond acceptors (Lipinski definition) is 4. The highest BCUT2D eigenvalue weighted by molar-refractivity contribution is 5.97. The van der Waals surface area contributed by atoms with Crippen molar-refractivity contribution in [2.45, 2.75) is 6.42 Å². The van der Waals surface area contributed by atoms with Gasteiger partial charge < -0.3 is 10.2 Å². The highest BCUT2D eigenvalue weighted by Gasteiger charge is 2.24. The molecule has 3 aromatic rings. The summed E-state index contributed by atoms with van der Waals surface area (Å²) >= 11 is 0. The molecule has 0 spiro atoms. The van der Waals surface area contributed by atoms with E-state index in [2.05, 4.69) is 20.7 Å². The first kappa shape index (κ1) is 16.4. The first-order chi connectivity index (χ1) is 12.6. The predicted octanol–water partition coefficient (Wildman–Crippen LogP) is 2.49. The molecule has 134 valence electrons. The van der Waals surface area contributed by atoms with Crippen LogP contribution in [0, 0.1) is 17.6 Å². The van der Waals surface area contributed by atoms with Crippen LogP contribution < -0.4 is 10.2 Å². The zero-order chi connectivity index (χ0) is 18.1. The number of carbonyl (C=O) groups excluding carboxylic acids is 1. The Labute approximate surface area is 148 Å². The first-order valence-electron chi connectivity index (χ1n) is 8.39. The second-order valence-corrected chi connectivity index (χ2v) is 6.44. The average Bonchev–Trinajstić information content (AvgIpc) is 3.30. The van der Waals surface area contributed by atoms with Crippen molar-refractivity contribution in [1.82, 2.24) is 20.7 Å². The maximum absolute atomic E-state index is 13.4. The molecule has 1 saturated heterocycles. The van der Waals surface area contributed by atoms with Gasteiger partial charge >= 0.3 is 0 Å². The molecule has 1 aromatic heterocycles. The minimum Gasteiger partial charge on any atom is -0.371 e. The molecule has 1 aliphatic heterocycles. The fourth-order valence-corrected chi connectivity index (χ4v) is 3.24. The van der Waals surface area contributed by atoms with E-state index in [1.54, 1.807) is 24.3 Å². The van der Waals surface area contributed by atoms with Crippen molar-refractivity contribution in [3.63, 3.8) is 0 Å². The van der Waals surface area contributed by atoms with Crippen LogP contribution in [0.1, 0.15) is 16.8 Å². The van der Waals surface area contributed by atoms with Gasteiger partial charge in [0.15, 0.2) is 11.6 Å². The van der Waals surface area contributed by atoms with Crippen molar-refractivity contribution in [3.8, 4) is 0 Å². The van der Waals surface area contributed by atoms with Crippen molar-refractivity contribution in [2.75, 3.05) is 24.5 Å². The van der Waals surface area contributed by atoms with Gasteiger partial charge in [-0.05, 0) is 42.7 Å². The van der Waals surface area contributed by atoms with E-state index >= 15 is 0 Å². The van der Waals surface area contributed by atoms with Gasteiger partial charge in [0.05, 0.1) is 0 Å². The summed E-state index contributed by atoms with van der Waals surface area (Å²) < 4.78 is 26.4. The molecule has 1 fully saturated rings. The lowest BCUT2D eigenvalue weighted by atomic mass is 10.1. The molecular formula is C18H17F2N5O. The lowest BCUT2D eigenvalue weighted by Gasteiger charge is -2.19. The van der Waals surface area contributed by atoms with E-state index in [4.69, 9.17) is 0 Å². The highest BCUT2D eigenvalue weighted by atomic mass is 19.2. The number of rotatable bonds is 4. The molecular weight excluding hydrogens is 340 g/mol. The minimum absolute atomic E-state index is 0.166. The normalized spacial score (nSPS) is 17.0. The Hall–Kier alpha value is -3.03. The van der Waals surface area contributed by atoms with Gasteiger partial charge in [-0.3, -0.25) is 4.79 Å². The summed E-state index contributed by atoms with van der Waals surface area (Å²) in [7, 11) is 0. The number of aromatic amines is 1. The summed E-state index contributed by atoms with van der Waals surface area (Å²) in [6, 6.07) is 9.07. The second kappa shape index (κ2) is 6.70. The minimum atomic E-state index is -0.846. The Morgan fingerprint density at radius 1 is 1.15 bits per heavy atom. The number of aromatic nitrogens is 3. The lowest BCUT2D eigenvalue weighted by molar-refractivity contribution is 0.0948. The molecule has 2 aromatic carbocycles. The number of benzene rings is 2. The van der Waals surface area contributed by atoms with Gasteiger partial charge in [0.2, 0.25) is 0 Å². The molecule has 1 amide bonds. The molecule has 0 unspecified atom stereocenters. The summed E-state index contributed by atoms with van der Waals surface area (Å²) in [5.41, 5.74) is 2.54. The number of H-pyrrole nitrogens is 1. The average molecular weight is 357 g/mol. The molecule has 0 bridgehead atoms. The van der Waals surface area contributed by atoms with E-state index in [0.29, 0.717) is 35.4 Å². The zero-order valence-corrected chi connectivity index (χ0v) is 13.9. The van der Waals surface area contributed by atoms with Crippen LogP contribution in [0.15, 0.2) is 36.4 Å². The van der Waals surface area contributed by atoms with Crippen molar-refractivity contribution in [2.24, 2.45) is 5.92 Å². The van der Waals surface area contributed by atoms with Gasteiger partial charge in [0.25, 0.3) is 5.91 Å². The molecule has 4 rings (SSSR count). The maximum atomic E-state index is 13.4. The molecule has 2 N–H and O–H groups in total. The second-order valence-electron chi connectivity index (χ2n) is 6.44. The number of hydrogen-bond donors (Lipinski definition) is 2. The van der Waals surface area contributed by atoms with Gasteiger partial charge in [0.1, 0.15) is 11.0 Å². The van der Waals surface area contributed by atoms with Crippen LogP contribution in [0.2, 0.25) is 0 Å². The largest absolute Gasteiger partial charge is 0.371 e. The van der Waals surface area contributed by atoms with Gasteiger partial charge in [-0.25, -0.2) is 8.78 Å². The predicted molar refractivity (Wildman–Crippen MR) is 92.9 cm³/mol.